The number of aromatic nitrogens is 1. The van der Waals surface area contributed by atoms with E-state index in [0.717, 1.165) is 23.1 Å². The molecule has 0 saturated carbocycles. The third-order valence-electron chi connectivity index (χ3n) is 2.57. The Bertz CT molecular complexity index is 494. The molecule has 0 aliphatic carbocycles. The highest BCUT2D eigenvalue weighted by Gasteiger charge is 2.18. The lowest BCUT2D eigenvalue weighted by molar-refractivity contribution is -0.138. The van der Waals surface area contributed by atoms with E-state index in [2.05, 4.69) is 26.0 Å². The summed E-state index contributed by atoms with van der Waals surface area (Å²) >= 11 is 3.39. The molecule has 0 bridgehead atoms. The van der Waals surface area contributed by atoms with Crippen molar-refractivity contribution in [3.05, 3.63) is 21.9 Å². The first-order valence-electron chi connectivity index (χ1n) is 7.87. The highest BCUT2D eigenvalue weighted by atomic mass is 79.9. The summed E-state index contributed by atoms with van der Waals surface area (Å²) in [5, 5.41) is 3.04. The Morgan fingerprint density at radius 1 is 1.38 bits per heavy atom. The SMILES string of the molecule is CC.CC(C)(C)OC=O.CNCCn1cc(C)c(Br)c1C(=O)OC. The number of aryl methyl sites for hydroxylation is 1. The van der Waals surface area contributed by atoms with Crippen LogP contribution in [0, 0.1) is 6.92 Å². The minimum absolute atomic E-state index is 0.314. The van der Waals surface area contributed by atoms with Gasteiger partial charge in [0.05, 0.1) is 11.6 Å². The van der Waals surface area contributed by atoms with Crippen LogP contribution < -0.4 is 5.32 Å². The van der Waals surface area contributed by atoms with Crippen molar-refractivity contribution < 1.29 is 19.1 Å². The summed E-state index contributed by atoms with van der Waals surface area (Å²) in [6.45, 7) is 13.4. The smallest absolute Gasteiger partial charge is 0.355 e. The van der Waals surface area contributed by atoms with Crippen LogP contribution in [-0.2, 0) is 20.8 Å². The fourth-order valence-corrected chi connectivity index (χ4v) is 2.02. The van der Waals surface area contributed by atoms with Crippen LogP contribution in [0.15, 0.2) is 10.7 Å². The van der Waals surface area contributed by atoms with Crippen molar-refractivity contribution >= 4 is 28.4 Å². The molecule has 0 saturated heterocycles. The number of likely N-dealkylation sites (N-methyl/N-ethyl adjacent to an activating group) is 1. The van der Waals surface area contributed by atoms with Gasteiger partial charge in [-0.15, -0.1) is 0 Å². The van der Waals surface area contributed by atoms with Gasteiger partial charge >= 0.3 is 5.97 Å². The van der Waals surface area contributed by atoms with Crippen LogP contribution in [0.25, 0.3) is 0 Å². The second kappa shape index (κ2) is 13.0. The standard InChI is InChI=1S/C10H15BrN2O2.C5H10O2.C2H6/c1-7-6-13(5-4-12-2)9(8(7)11)10(14)15-3;1-5(2,3)7-4-6;1-2/h6,12H,4-5H2,1-3H3;4H,1-3H3;1-2H3. The van der Waals surface area contributed by atoms with Gasteiger partial charge in [0, 0.05) is 19.3 Å². The molecule has 7 heteroatoms. The fraction of sp³-hybridized carbons (Fsp3) is 0.647. The molecule has 24 heavy (non-hydrogen) atoms. The van der Waals surface area contributed by atoms with Crippen molar-refractivity contribution in [2.75, 3.05) is 20.7 Å². The van der Waals surface area contributed by atoms with Crippen molar-refractivity contribution in [1.29, 1.82) is 0 Å². The number of carbonyl (C=O) groups excluding carboxylic acids is 2. The van der Waals surface area contributed by atoms with Gasteiger partial charge < -0.3 is 19.4 Å². The van der Waals surface area contributed by atoms with E-state index < -0.39 is 0 Å². The Balaban J connectivity index is 0. The number of hydrogen-bond donors (Lipinski definition) is 1. The summed E-state index contributed by atoms with van der Waals surface area (Å²) in [6.07, 6.45) is 1.94. The minimum Gasteiger partial charge on any atom is -0.464 e. The number of halogens is 1. The number of carbonyl (C=O) groups is 2. The molecule has 0 aliphatic heterocycles. The molecule has 1 heterocycles. The molecule has 1 aromatic heterocycles. The van der Waals surface area contributed by atoms with Crippen molar-refractivity contribution in [3.8, 4) is 0 Å². The molecule has 1 aromatic rings. The predicted molar refractivity (Wildman–Crippen MR) is 100 cm³/mol. The average molecular weight is 407 g/mol. The van der Waals surface area contributed by atoms with Gasteiger partial charge in [-0.3, -0.25) is 4.79 Å². The highest BCUT2D eigenvalue weighted by molar-refractivity contribution is 9.10. The molecule has 0 radical (unpaired) electrons. The Morgan fingerprint density at radius 2 is 1.92 bits per heavy atom. The summed E-state index contributed by atoms with van der Waals surface area (Å²) in [5.74, 6) is -0.314. The molecule has 0 unspecified atom stereocenters. The summed E-state index contributed by atoms with van der Waals surface area (Å²) < 4.78 is 12.0. The monoisotopic (exact) mass is 406 g/mol. The number of nitrogens with one attached hydrogen (secondary N) is 1. The first kappa shape index (κ1) is 24.9. The van der Waals surface area contributed by atoms with Crippen LogP contribution in [-0.4, -0.2) is 43.3 Å². The van der Waals surface area contributed by atoms with E-state index in [9.17, 15) is 9.59 Å². The Kier molecular flexibility index (Phi) is 13.5. The average Bonchev–Trinajstić information content (AvgIpc) is 2.80. The summed E-state index contributed by atoms with van der Waals surface area (Å²) in [4.78, 5) is 21.1. The maximum atomic E-state index is 11.5. The van der Waals surface area contributed by atoms with Gasteiger partial charge in [0.15, 0.2) is 0 Å². The van der Waals surface area contributed by atoms with E-state index in [4.69, 9.17) is 4.74 Å². The van der Waals surface area contributed by atoms with E-state index in [1.807, 2.05) is 59.4 Å². The summed E-state index contributed by atoms with van der Waals surface area (Å²) in [6, 6.07) is 0. The maximum absolute atomic E-state index is 11.5. The van der Waals surface area contributed by atoms with Gasteiger partial charge in [-0.2, -0.15) is 0 Å². The predicted octanol–water partition coefficient (Wildman–Crippen LogP) is 3.55. The van der Waals surface area contributed by atoms with E-state index in [-0.39, 0.29) is 11.6 Å². The minimum atomic E-state index is -0.318. The lowest BCUT2D eigenvalue weighted by Gasteiger charge is -2.14. The largest absolute Gasteiger partial charge is 0.464 e. The zero-order valence-corrected chi connectivity index (χ0v) is 17.6. The van der Waals surface area contributed by atoms with Crippen LogP contribution in [0.5, 0.6) is 0 Å². The van der Waals surface area contributed by atoms with Gasteiger partial charge in [0.25, 0.3) is 6.47 Å². The molecule has 0 amide bonds. The second-order valence-electron chi connectivity index (χ2n) is 5.59. The lowest BCUT2D eigenvalue weighted by Crippen LogP contribution is -2.18. The van der Waals surface area contributed by atoms with Crippen molar-refractivity contribution in [1.82, 2.24) is 9.88 Å². The molecule has 0 aliphatic rings. The molecule has 140 valence electrons. The Hall–Kier alpha value is -1.34. The molecular formula is C17H31BrN2O4. The zero-order valence-electron chi connectivity index (χ0n) is 16.0. The van der Waals surface area contributed by atoms with Crippen LogP contribution >= 0.6 is 15.9 Å². The molecule has 1 N–H and O–H groups in total. The number of hydrogen-bond acceptors (Lipinski definition) is 5. The first-order valence-corrected chi connectivity index (χ1v) is 8.66. The number of nitrogens with zero attached hydrogens (tertiary/aromatic N) is 1. The molecule has 0 atom stereocenters. The van der Waals surface area contributed by atoms with E-state index in [1.54, 1.807) is 0 Å². The molecule has 6 nitrogen and oxygen atoms in total. The Labute approximate surface area is 154 Å². The number of ether oxygens (including phenoxy) is 2. The van der Waals surface area contributed by atoms with Gasteiger partial charge in [0.2, 0.25) is 0 Å². The van der Waals surface area contributed by atoms with Gasteiger partial charge in [-0.1, -0.05) is 13.8 Å². The van der Waals surface area contributed by atoms with E-state index >= 15 is 0 Å². The Morgan fingerprint density at radius 3 is 2.25 bits per heavy atom. The van der Waals surface area contributed by atoms with Crippen molar-refractivity contribution in [3.63, 3.8) is 0 Å². The fourth-order valence-electron chi connectivity index (χ4n) is 1.52. The van der Waals surface area contributed by atoms with E-state index in [0.29, 0.717) is 12.2 Å². The number of esters is 1. The third kappa shape index (κ3) is 9.72. The molecular weight excluding hydrogens is 376 g/mol. The molecule has 0 spiro atoms. The number of rotatable bonds is 5. The van der Waals surface area contributed by atoms with Crippen LogP contribution in [0.4, 0.5) is 0 Å². The lowest BCUT2D eigenvalue weighted by atomic mass is 10.2. The highest BCUT2D eigenvalue weighted by Crippen LogP contribution is 2.24. The molecule has 0 fully saturated rings. The normalized spacial score (nSPS) is 9.88. The van der Waals surface area contributed by atoms with Crippen LogP contribution in [0.3, 0.4) is 0 Å². The van der Waals surface area contributed by atoms with Crippen LogP contribution in [0.1, 0.15) is 50.7 Å². The second-order valence-corrected chi connectivity index (χ2v) is 6.38. The number of methoxy groups -OCH3 is 1. The third-order valence-corrected chi connectivity index (χ3v) is 3.57. The molecule has 1 rings (SSSR count). The topological polar surface area (TPSA) is 69.6 Å². The zero-order chi connectivity index (χ0) is 19.3. The van der Waals surface area contributed by atoms with E-state index in [1.165, 1.54) is 7.11 Å². The quantitative estimate of drug-likeness (QED) is 0.597. The summed E-state index contributed by atoms with van der Waals surface area (Å²) in [5.41, 5.74) is 1.29. The summed E-state index contributed by atoms with van der Waals surface area (Å²) in [7, 11) is 3.27. The van der Waals surface area contributed by atoms with Crippen LogP contribution in [0.2, 0.25) is 0 Å². The van der Waals surface area contributed by atoms with Crippen molar-refractivity contribution in [2.45, 2.75) is 53.7 Å². The molecule has 0 aromatic carbocycles. The van der Waals surface area contributed by atoms with Gasteiger partial charge in [-0.25, -0.2) is 4.79 Å². The van der Waals surface area contributed by atoms with Crippen molar-refractivity contribution in [2.24, 2.45) is 0 Å². The van der Waals surface area contributed by atoms with Gasteiger partial charge in [0.1, 0.15) is 11.3 Å². The van der Waals surface area contributed by atoms with Gasteiger partial charge in [-0.05, 0) is 56.2 Å². The first-order chi connectivity index (χ1) is 11.2. The maximum Gasteiger partial charge on any atom is 0.355 e.